The summed E-state index contributed by atoms with van der Waals surface area (Å²) in [4.78, 5) is 45.7. The molecule has 1 aromatic heterocycles. The molecule has 1 amide bonds. The molecule has 8 nitrogen and oxygen atoms in total. The van der Waals surface area contributed by atoms with E-state index in [1.54, 1.807) is 0 Å². The monoisotopic (exact) mass is 254 g/mol. The molecule has 0 aliphatic rings. The lowest BCUT2D eigenvalue weighted by Crippen LogP contribution is -2.42. The van der Waals surface area contributed by atoms with Crippen LogP contribution in [0.2, 0.25) is 0 Å². The van der Waals surface area contributed by atoms with Crippen LogP contribution in [0.25, 0.3) is 0 Å². The normalized spacial score (nSPS) is 11.6. The highest BCUT2D eigenvalue weighted by Crippen LogP contribution is 1.98. The number of aromatic nitrogens is 1. The number of hydrogen-bond donors (Lipinski definition) is 4. The Bertz CT molecular complexity index is 515. The first-order valence-electron chi connectivity index (χ1n) is 4.84. The van der Waals surface area contributed by atoms with Gasteiger partial charge in [0.15, 0.2) is 0 Å². The van der Waals surface area contributed by atoms with Gasteiger partial charge >= 0.3 is 11.9 Å². The van der Waals surface area contributed by atoms with Crippen molar-refractivity contribution in [2.45, 2.75) is 12.5 Å². The van der Waals surface area contributed by atoms with Gasteiger partial charge in [-0.05, 0) is 6.07 Å². The number of aromatic amines is 1. The maximum atomic E-state index is 11.6. The number of hydrogen-bond acceptors (Lipinski definition) is 4. The average Bonchev–Trinajstić information content (AvgIpc) is 2.28. The number of carbonyl (C=O) groups excluding carboxylic acids is 1. The Hall–Kier alpha value is -2.64. The zero-order valence-electron chi connectivity index (χ0n) is 9.04. The lowest BCUT2D eigenvalue weighted by atomic mass is 10.2. The summed E-state index contributed by atoms with van der Waals surface area (Å²) >= 11 is 0. The zero-order valence-corrected chi connectivity index (χ0v) is 9.04. The lowest BCUT2D eigenvalue weighted by molar-refractivity contribution is -0.145. The molecule has 0 saturated heterocycles. The molecule has 0 fully saturated rings. The summed E-state index contributed by atoms with van der Waals surface area (Å²) in [6.07, 6.45) is 0.377. The molecule has 1 heterocycles. The second-order valence-electron chi connectivity index (χ2n) is 3.40. The highest BCUT2D eigenvalue weighted by atomic mass is 16.4. The largest absolute Gasteiger partial charge is 0.481 e. The number of nitrogens with one attached hydrogen (secondary N) is 2. The second-order valence-corrected chi connectivity index (χ2v) is 3.40. The van der Waals surface area contributed by atoms with E-state index in [2.05, 4.69) is 4.98 Å². The van der Waals surface area contributed by atoms with Crippen LogP contribution < -0.4 is 10.9 Å². The van der Waals surface area contributed by atoms with Crippen LogP contribution in [0.1, 0.15) is 16.8 Å². The number of rotatable bonds is 5. The summed E-state index contributed by atoms with van der Waals surface area (Å²) < 4.78 is 0. The van der Waals surface area contributed by atoms with Crippen molar-refractivity contribution in [2.75, 3.05) is 0 Å². The van der Waals surface area contributed by atoms with Crippen LogP contribution in [0.5, 0.6) is 0 Å². The molecule has 0 bridgehead atoms. The summed E-state index contributed by atoms with van der Waals surface area (Å²) in [5.74, 6) is -3.57. The number of H-pyrrole nitrogens is 1. The second kappa shape index (κ2) is 5.62. The molecule has 18 heavy (non-hydrogen) atoms. The van der Waals surface area contributed by atoms with Crippen LogP contribution in [0.3, 0.4) is 0 Å². The Balaban J connectivity index is 2.78. The number of carbonyl (C=O) groups is 3. The number of amides is 1. The summed E-state index contributed by atoms with van der Waals surface area (Å²) in [7, 11) is 0. The highest BCUT2D eigenvalue weighted by Gasteiger charge is 2.23. The van der Waals surface area contributed by atoms with Crippen molar-refractivity contribution in [2.24, 2.45) is 0 Å². The van der Waals surface area contributed by atoms with Gasteiger partial charge in [0.2, 0.25) is 5.56 Å². The number of carboxylic acids is 2. The van der Waals surface area contributed by atoms with Crippen molar-refractivity contribution in [1.82, 2.24) is 10.3 Å². The Morgan fingerprint density at radius 3 is 2.39 bits per heavy atom. The fourth-order valence-corrected chi connectivity index (χ4v) is 1.17. The van der Waals surface area contributed by atoms with E-state index in [9.17, 15) is 19.2 Å². The SMILES string of the molecule is O=C(O)C[C@@H](NC(=O)c1ccc(=O)[nH]c1)C(=O)O. The van der Waals surface area contributed by atoms with Gasteiger partial charge in [-0.2, -0.15) is 0 Å². The molecule has 96 valence electrons. The predicted molar refractivity (Wildman–Crippen MR) is 58.2 cm³/mol. The smallest absolute Gasteiger partial charge is 0.326 e. The number of aliphatic carboxylic acids is 2. The van der Waals surface area contributed by atoms with E-state index in [-0.39, 0.29) is 5.56 Å². The molecular formula is C10H10N2O6. The Kier molecular flexibility index (Phi) is 4.19. The third-order valence-electron chi connectivity index (χ3n) is 2.03. The molecule has 0 spiro atoms. The fraction of sp³-hybridized carbons (Fsp3) is 0.200. The van der Waals surface area contributed by atoms with E-state index in [1.807, 2.05) is 5.32 Å². The molecule has 0 unspecified atom stereocenters. The van der Waals surface area contributed by atoms with Crippen molar-refractivity contribution in [1.29, 1.82) is 0 Å². The van der Waals surface area contributed by atoms with Gasteiger partial charge in [-0.15, -0.1) is 0 Å². The number of carboxylic acid groups (broad SMARTS) is 2. The van der Waals surface area contributed by atoms with Gasteiger partial charge in [-0.3, -0.25) is 14.4 Å². The van der Waals surface area contributed by atoms with Gasteiger partial charge in [0.1, 0.15) is 6.04 Å². The van der Waals surface area contributed by atoms with E-state index in [1.165, 1.54) is 6.07 Å². The van der Waals surface area contributed by atoms with E-state index in [4.69, 9.17) is 10.2 Å². The van der Waals surface area contributed by atoms with E-state index >= 15 is 0 Å². The molecule has 0 radical (unpaired) electrons. The first kappa shape index (κ1) is 13.4. The first-order chi connectivity index (χ1) is 8.40. The standard InChI is InChI=1S/C10H10N2O6/c13-7-2-1-5(4-11-7)9(16)12-6(10(17)18)3-8(14)15/h1-2,4,6H,3H2,(H,11,13)(H,12,16)(H,14,15)(H,17,18)/t6-/m1/s1. The molecule has 1 atom stereocenters. The van der Waals surface area contributed by atoms with Crippen molar-refractivity contribution in [3.63, 3.8) is 0 Å². The minimum absolute atomic E-state index is 0.0336. The Morgan fingerprint density at radius 2 is 1.94 bits per heavy atom. The minimum atomic E-state index is -1.53. The van der Waals surface area contributed by atoms with Crippen molar-refractivity contribution in [3.05, 3.63) is 34.2 Å². The molecule has 4 N–H and O–H groups in total. The van der Waals surface area contributed by atoms with Crippen LogP contribution in [-0.2, 0) is 9.59 Å². The average molecular weight is 254 g/mol. The topological polar surface area (TPSA) is 137 Å². The van der Waals surface area contributed by atoms with Crippen LogP contribution in [0, 0.1) is 0 Å². The maximum Gasteiger partial charge on any atom is 0.326 e. The third kappa shape index (κ3) is 3.74. The third-order valence-corrected chi connectivity index (χ3v) is 2.03. The first-order valence-corrected chi connectivity index (χ1v) is 4.84. The van der Waals surface area contributed by atoms with Crippen LogP contribution in [0.15, 0.2) is 23.1 Å². The maximum absolute atomic E-state index is 11.6. The van der Waals surface area contributed by atoms with Gasteiger partial charge in [-0.1, -0.05) is 0 Å². The van der Waals surface area contributed by atoms with Gasteiger partial charge < -0.3 is 20.5 Å². The van der Waals surface area contributed by atoms with Crippen molar-refractivity contribution in [3.8, 4) is 0 Å². The van der Waals surface area contributed by atoms with Crippen molar-refractivity contribution >= 4 is 17.8 Å². The summed E-state index contributed by atoms with van der Waals surface area (Å²) in [6.45, 7) is 0. The predicted octanol–water partition coefficient (Wildman–Crippen LogP) is -0.967. The van der Waals surface area contributed by atoms with Gasteiger partial charge in [-0.25, -0.2) is 4.79 Å². The van der Waals surface area contributed by atoms with Crippen LogP contribution >= 0.6 is 0 Å². The summed E-state index contributed by atoms with van der Waals surface area (Å²) in [5, 5.41) is 19.3. The summed E-state index contributed by atoms with van der Waals surface area (Å²) in [5.41, 5.74) is -0.377. The minimum Gasteiger partial charge on any atom is -0.481 e. The van der Waals surface area contributed by atoms with E-state index < -0.39 is 35.9 Å². The van der Waals surface area contributed by atoms with E-state index in [0.717, 1.165) is 12.3 Å². The van der Waals surface area contributed by atoms with Gasteiger partial charge in [0.25, 0.3) is 5.91 Å². The van der Waals surface area contributed by atoms with Crippen LogP contribution in [0.4, 0.5) is 0 Å². The fourth-order valence-electron chi connectivity index (χ4n) is 1.17. The van der Waals surface area contributed by atoms with E-state index in [0.29, 0.717) is 0 Å². The highest BCUT2D eigenvalue weighted by molar-refractivity contribution is 5.97. The Morgan fingerprint density at radius 1 is 1.28 bits per heavy atom. The van der Waals surface area contributed by atoms with Gasteiger partial charge in [0.05, 0.1) is 12.0 Å². The molecule has 0 saturated carbocycles. The van der Waals surface area contributed by atoms with Crippen molar-refractivity contribution < 1.29 is 24.6 Å². The molecule has 0 aliphatic carbocycles. The Labute approximate surface area is 100 Å². The molecule has 8 heteroatoms. The molecule has 1 aromatic rings. The number of pyridine rings is 1. The van der Waals surface area contributed by atoms with Crippen LogP contribution in [-0.4, -0.2) is 39.1 Å². The van der Waals surface area contributed by atoms with Gasteiger partial charge in [0, 0.05) is 12.3 Å². The zero-order chi connectivity index (χ0) is 13.7. The lowest BCUT2D eigenvalue weighted by Gasteiger charge is -2.11. The molecule has 0 aliphatic heterocycles. The quantitative estimate of drug-likeness (QED) is 0.533. The molecule has 1 rings (SSSR count). The molecule has 0 aromatic carbocycles. The summed E-state index contributed by atoms with van der Waals surface area (Å²) in [6, 6.07) is 0.775. The molecular weight excluding hydrogens is 244 g/mol.